The molecular weight excluding hydrogens is 228 g/mol. The summed E-state index contributed by atoms with van der Waals surface area (Å²) in [4.78, 5) is 19.1. The van der Waals surface area contributed by atoms with Crippen molar-refractivity contribution >= 4 is 23.0 Å². The molecule has 0 aliphatic rings. The second kappa shape index (κ2) is 4.09. The first kappa shape index (κ1) is 11.2. The van der Waals surface area contributed by atoms with Crippen molar-refractivity contribution in [2.75, 3.05) is 0 Å². The standard InChI is InChI=1S/C7H5ClN2O5/c8-3-4-1-5(9(12)13)7(11)6(2-4)10(14)15/h1-2,11H,3H2. The first-order valence-electron chi connectivity index (χ1n) is 3.68. The van der Waals surface area contributed by atoms with Crippen LogP contribution in [-0.4, -0.2) is 15.0 Å². The van der Waals surface area contributed by atoms with Gasteiger partial charge in [-0.1, -0.05) is 0 Å². The Bertz CT molecular complexity index is 398. The minimum Gasteiger partial charge on any atom is -0.497 e. The van der Waals surface area contributed by atoms with E-state index in [9.17, 15) is 25.3 Å². The highest BCUT2D eigenvalue weighted by molar-refractivity contribution is 6.17. The van der Waals surface area contributed by atoms with Crippen LogP contribution < -0.4 is 0 Å². The summed E-state index contributed by atoms with van der Waals surface area (Å²) in [7, 11) is 0. The van der Waals surface area contributed by atoms with E-state index in [-0.39, 0.29) is 11.4 Å². The number of phenolic OH excluding ortho intramolecular Hbond substituents is 1. The highest BCUT2D eigenvalue weighted by atomic mass is 35.5. The molecule has 1 aromatic carbocycles. The fourth-order valence-corrected chi connectivity index (χ4v) is 1.17. The third kappa shape index (κ3) is 2.13. The van der Waals surface area contributed by atoms with E-state index >= 15 is 0 Å². The zero-order chi connectivity index (χ0) is 11.6. The first-order chi connectivity index (χ1) is 6.97. The molecule has 15 heavy (non-hydrogen) atoms. The summed E-state index contributed by atoms with van der Waals surface area (Å²) >= 11 is 5.41. The molecule has 0 radical (unpaired) electrons. The average molecular weight is 233 g/mol. The Balaban J connectivity index is 3.47. The van der Waals surface area contributed by atoms with Gasteiger partial charge in [0.2, 0.25) is 0 Å². The molecule has 0 atom stereocenters. The lowest BCUT2D eigenvalue weighted by atomic mass is 10.2. The minimum absolute atomic E-state index is 0.109. The zero-order valence-electron chi connectivity index (χ0n) is 7.21. The van der Waals surface area contributed by atoms with Crippen LogP contribution in [0, 0.1) is 20.2 Å². The molecule has 1 aromatic rings. The lowest BCUT2D eigenvalue weighted by Crippen LogP contribution is -1.96. The Kier molecular flexibility index (Phi) is 3.05. The van der Waals surface area contributed by atoms with Crippen LogP contribution in [0.1, 0.15) is 5.56 Å². The molecule has 1 rings (SSSR count). The molecule has 0 aliphatic carbocycles. The minimum atomic E-state index is -0.959. The zero-order valence-corrected chi connectivity index (χ0v) is 7.97. The third-order valence-corrected chi connectivity index (χ3v) is 1.99. The van der Waals surface area contributed by atoms with Crippen molar-refractivity contribution in [2.24, 2.45) is 0 Å². The Hall–Kier alpha value is -1.89. The summed E-state index contributed by atoms with van der Waals surface area (Å²) in [6, 6.07) is 1.99. The number of alkyl halides is 1. The Morgan fingerprint density at radius 3 is 1.87 bits per heavy atom. The number of phenols is 1. The van der Waals surface area contributed by atoms with E-state index in [1.807, 2.05) is 0 Å². The average Bonchev–Trinajstić information content (AvgIpc) is 2.17. The quantitative estimate of drug-likeness (QED) is 0.487. The molecule has 80 valence electrons. The number of hydrogen-bond donors (Lipinski definition) is 1. The number of aromatic hydroxyl groups is 1. The molecule has 0 spiro atoms. The summed E-state index contributed by atoms with van der Waals surface area (Å²) in [5.74, 6) is -1.07. The van der Waals surface area contributed by atoms with E-state index in [2.05, 4.69) is 0 Å². The molecular formula is C7H5ClN2O5. The van der Waals surface area contributed by atoms with Crippen LogP contribution in [0.25, 0.3) is 0 Å². The highest BCUT2D eigenvalue weighted by Crippen LogP contribution is 2.36. The van der Waals surface area contributed by atoms with Crippen LogP contribution in [0.4, 0.5) is 11.4 Å². The Morgan fingerprint density at radius 2 is 1.60 bits per heavy atom. The predicted molar refractivity (Wildman–Crippen MR) is 51.0 cm³/mol. The summed E-state index contributed by atoms with van der Waals surface area (Å²) in [6.07, 6.45) is 0. The second-order valence-corrected chi connectivity index (χ2v) is 2.90. The molecule has 8 heteroatoms. The fourth-order valence-electron chi connectivity index (χ4n) is 1.02. The normalized spacial score (nSPS) is 9.93. The van der Waals surface area contributed by atoms with Crippen LogP contribution in [0.15, 0.2) is 12.1 Å². The Labute approximate surface area is 88.2 Å². The molecule has 0 fully saturated rings. The van der Waals surface area contributed by atoms with Crippen molar-refractivity contribution in [3.63, 3.8) is 0 Å². The number of nitrogens with zero attached hydrogens (tertiary/aromatic N) is 2. The van der Waals surface area contributed by atoms with Crippen LogP contribution >= 0.6 is 11.6 Å². The van der Waals surface area contributed by atoms with Crippen LogP contribution in [0.5, 0.6) is 5.75 Å². The van der Waals surface area contributed by atoms with E-state index < -0.39 is 27.0 Å². The number of hydrogen-bond acceptors (Lipinski definition) is 5. The Morgan fingerprint density at radius 1 is 1.20 bits per heavy atom. The first-order valence-corrected chi connectivity index (χ1v) is 4.21. The molecule has 0 bridgehead atoms. The molecule has 0 saturated carbocycles. The van der Waals surface area contributed by atoms with Crippen molar-refractivity contribution in [1.29, 1.82) is 0 Å². The van der Waals surface area contributed by atoms with Crippen LogP contribution in [0.3, 0.4) is 0 Å². The van der Waals surface area contributed by atoms with Gasteiger partial charge in [-0.3, -0.25) is 20.2 Å². The van der Waals surface area contributed by atoms with Crippen LogP contribution in [-0.2, 0) is 5.88 Å². The van der Waals surface area contributed by atoms with E-state index in [0.717, 1.165) is 12.1 Å². The third-order valence-electron chi connectivity index (χ3n) is 1.68. The maximum absolute atomic E-state index is 10.4. The van der Waals surface area contributed by atoms with Gasteiger partial charge in [0.25, 0.3) is 5.75 Å². The lowest BCUT2D eigenvalue weighted by Gasteiger charge is -2.00. The molecule has 0 heterocycles. The number of benzene rings is 1. The second-order valence-electron chi connectivity index (χ2n) is 2.63. The van der Waals surface area contributed by atoms with E-state index in [0.29, 0.717) is 0 Å². The maximum Gasteiger partial charge on any atom is 0.318 e. The lowest BCUT2D eigenvalue weighted by molar-refractivity contribution is -0.396. The number of halogens is 1. The van der Waals surface area contributed by atoms with Gasteiger partial charge in [0, 0.05) is 18.0 Å². The topological polar surface area (TPSA) is 107 Å². The molecule has 0 aliphatic heterocycles. The fraction of sp³-hybridized carbons (Fsp3) is 0.143. The van der Waals surface area contributed by atoms with Gasteiger partial charge in [-0.15, -0.1) is 11.6 Å². The molecule has 0 amide bonds. The van der Waals surface area contributed by atoms with E-state index in [4.69, 9.17) is 11.6 Å². The van der Waals surface area contributed by atoms with Gasteiger partial charge in [-0.05, 0) is 5.56 Å². The van der Waals surface area contributed by atoms with Gasteiger partial charge in [0.15, 0.2) is 0 Å². The van der Waals surface area contributed by atoms with Crippen molar-refractivity contribution in [1.82, 2.24) is 0 Å². The van der Waals surface area contributed by atoms with Gasteiger partial charge in [0.1, 0.15) is 0 Å². The van der Waals surface area contributed by atoms with Gasteiger partial charge in [0.05, 0.1) is 9.85 Å². The summed E-state index contributed by atoms with van der Waals surface area (Å²) in [6.45, 7) is 0. The SMILES string of the molecule is O=[N+]([O-])c1cc(CCl)cc([N+](=O)[O-])c1O. The smallest absolute Gasteiger partial charge is 0.318 e. The van der Waals surface area contributed by atoms with E-state index in [1.54, 1.807) is 0 Å². The number of rotatable bonds is 3. The van der Waals surface area contributed by atoms with Crippen molar-refractivity contribution < 1.29 is 15.0 Å². The highest BCUT2D eigenvalue weighted by Gasteiger charge is 2.25. The molecule has 0 aromatic heterocycles. The van der Waals surface area contributed by atoms with Crippen molar-refractivity contribution in [3.05, 3.63) is 37.9 Å². The van der Waals surface area contributed by atoms with Crippen molar-refractivity contribution in [3.8, 4) is 5.75 Å². The van der Waals surface area contributed by atoms with Gasteiger partial charge in [-0.25, -0.2) is 0 Å². The predicted octanol–water partition coefficient (Wildman–Crippen LogP) is 1.95. The van der Waals surface area contributed by atoms with Crippen LogP contribution in [0.2, 0.25) is 0 Å². The number of nitro groups is 2. The molecule has 1 N–H and O–H groups in total. The summed E-state index contributed by atoms with van der Waals surface area (Å²) in [5.41, 5.74) is -1.24. The van der Waals surface area contributed by atoms with Gasteiger partial charge < -0.3 is 5.11 Å². The van der Waals surface area contributed by atoms with Gasteiger partial charge in [-0.2, -0.15) is 0 Å². The maximum atomic E-state index is 10.4. The largest absolute Gasteiger partial charge is 0.497 e. The summed E-state index contributed by atoms with van der Waals surface area (Å²) < 4.78 is 0. The number of nitro benzene ring substituents is 2. The summed E-state index contributed by atoms with van der Waals surface area (Å²) in [5, 5.41) is 30.1. The van der Waals surface area contributed by atoms with Crippen molar-refractivity contribution in [2.45, 2.75) is 5.88 Å². The van der Waals surface area contributed by atoms with Gasteiger partial charge >= 0.3 is 11.4 Å². The molecule has 7 nitrogen and oxygen atoms in total. The molecule has 0 saturated heterocycles. The van der Waals surface area contributed by atoms with E-state index in [1.165, 1.54) is 0 Å². The molecule has 0 unspecified atom stereocenters. The monoisotopic (exact) mass is 232 g/mol.